The van der Waals surface area contributed by atoms with E-state index in [1.165, 1.54) is 43.5 Å². The van der Waals surface area contributed by atoms with E-state index >= 15 is 0 Å². The third kappa shape index (κ3) is 6.26. The predicted octanol–water partition coefficient (Wildman–Crippen LogP) is 17.3. The van der Waals surface area contributed by atoms with Gasteiger partial charge in [0.15, 0.2) is 17.5 Å². The number of hydrogen-bond acceptors (Lipinski definition) is 3. The smallest absolute Gasteiger partial charge is 0.164 e. The van der Waals surface area contributed by atoms with E-state index in [9.17, 15) is 0 Å². The van der Waals surface area contributed by atoms with Crippen molar-refractivity contribution in [1.82, 2.24) is 33.2 Å². The molecule has 354 valence electrons. The standard InChI is InChI=1S/C69H43N7/c1-6-20-44(21-7-1)67-70-68(45-22-8-2-9-23-45)72-69(71-67)46-34-36-52-54-38-41-61-64(66(54)75(62(52)42-46)49-28-14-5-15-29-49)56-43-50(35-39-59(56)74(61)48-26-12-4-13-27-48)76-57-32-18-16-30-51(57)53-37-40-60-63(65(53)76)55-31-17-19-33-58(55)73(60)47-24-10-3-11-25-47/h1-43H. The summed E-state index contributed by atoms with van der Waals surface area (Å²) in [4.78, 5) is 15.4. The van der Waals surface area contributed by atoms with E-state index in [-0.39, 0.29) is 0 Å². The van der Waals surface area contributed by atoms with Gasteiger partial charge in [-0.05, 0) is 84.9 Å². The van der Waals surface area contributed by atoms with Crippen LogP contribution in [0.25, 0.3) is 144 Å². The maximum Gasteiger partial charge on any atom is 0.164 e. The van der Waals surface area contributed by atoms with E-state index in [1.807, 2.05) is 36.4 Å². The maximum absolute atomic E-state index is 5.18. The fraction of sp³-hybridized carbons (Fsp3) is 0. The quantitative estimate of drug-likeness (QED) is 0.160. The zero-order chi connectivity index (χ0) is 49.8. The van der Waals surface area contributed by atoms with Crippen molar-refractivity contribution >= 4 is 87.2 Å². The molecule has 0 fully saturated rings. The van der Waals surface area contributed by atoms with Gasteiger partial charge in [0.1, 0.15) is 0 Å². The van der Waals surface area contributed by atoms with Crippen LogP contribution >= 0.6 is 0 Å². The number of fused-ring (bicyclic) bond motifs is 14. The minimum Gasteiger partial charge on any atom is -0.309 e. The highest BCUT2D eigenvalue weighted by molar-refractivity contribution is 6.28. The van der Waals surface area contributed by atoms with Crippen LogP contribution in [0, 0.1) is 0 Å². The van der Waals surface area contributed by atoms with Crippen molar-refractivity contribution in [2.45, 2.75) is 0 Å². The second-order valence-electron chi connectivity index (χ2n) is 19.6. The van der Waals surface area contributed by atoms with Crippen LogP contribution in [-0.2, 0) is 0 Å². The second-order valence-corrected chi connectivity index (χ2v) is 19.6. The number of para-hydroxylation sites is 5. The van der Waals surface area contributed by atoms with Gasteiger partial charge in [0, 0.05) is 82.5 Å². The van der Waals surface area contributed by atoms with E-state index < -0.39 is 0 Å². The van der Waals surface area contributed by atoms with Crippen LogP contribution in [0.5, 0.6) is 0 Å². The first-order chi connectivity index (χ1) is 37.7. The van der Waals surface area contributed by atoms with Crippen molar-refractivity contribution in [3.05, 3.63) is 261 Å². The Kier molecular flexibility index (Phi) is 9.20. The van der Waals surface area contributed by atoms with Gasteiger partial charge in [-0.2, -0.15) is 0 Å². The second kappa shape index (κ2) is 16.6. The van der Waals surface area contributed by atoms with Crippen LogP contribution in [0.3, 0.4) is 0 Å². The molecule has 0 bridgehead atoms. The minimum atomic E-state index is 0.613. The Balaban J connectivity index is 1.01. The molecule has 0 N–H and O–H groups in total. The van der Waals surface area contributed by atoms with E-state index in [4.69, 9.17) is 15.0 Å². The first kappa shape index (κ1) is 42.2. The fourth-order valence-electron chi connectivity index (χ4n) is 12.1. The van der Waals surface area contributed by atoms with Gasteiger partial charge in [0.2, 0.25) is 0 Å². The summed E-state index contributed by atoms with van der Waals surface area (Å²) in [6, 6.07) is 93.4. The Bertz CT molecular complexity index is 4900. The molecule has 7 heteroatoms. The van der Waals surface area contributed by atoms with Crippen LogP contribution in [0.15, 0.2) is 261 Å². The number of hydrogen-bond donors (Lipinski definition) is 0. The first-order valence-corrected chi connectivity index (χ1v) is 25.8. The zero-order valence-electron chi connectivity index (χ0n) is 41.0. The Morgan fingerprint density at radius 2 is 0.592 bits per heavy atom. The summed E-state index contributed by atoms with van der Waals surface area (Å²) in [5, 5.41) is 9.51. The van der Waals surface area contributed by atoms with Crippen LogP contribution in [-0.4, -0.2) is 33.2 Å². The van der Waals surface area contributed by atoms with E-state index in [0.29, 0.717) is 17.5 Å². The number of nitrogens with zero attached hydrogens (tertiary/aromatic N) is 7. The summed E-state index contributed by atoms with van der Waals surface area (Å²) in [5.74, 6) is 1.87. The molecular formula is C69H43N7. The van der Waals surface area contributed by atoms with Crippen molar-refractivity contribution in [2.24, 2.45) is 0 Å². The molecule has 0 saturated heterocycles. The molecule has 0 aliphatic heterocycles. The average molecular weight is 970 g/mol. The fourth-order valence-corrected chi connectivity index (χ4v) is 12.1. The van der Waals surface area contributed by atoms with Gasteiger partial charge >= 0.3 is 0 Å². The van der Waals surface area contributed by atoms with Gasteiger partial charge in [-0.15, -0.1) is 0 Å². The molecule has 5 heterocycles. The molecule has 16 rings (SSSR count). The molecular weight excluding hydrogens is 927 g/mol. The minimum absolute atomic E-state index is 0.613. The topological polar surface area (TPSA) is 58.4 Å². The lowest BCUT2D eigenvalue weighted by molar-refractivity contribution is 1.07. The highest BCUT2D eigenvalue weighted by Gasteiger charge is 2.25. The summed E-state index contributed by atoms with van der Waals surface area (Å²) >= 11 is 0. The molecule has 11 aromatic carbocycles. The number of benzene rings is 11. The lowest BCUT2D eigenvalue weighted by Crippen LogP contribution is -2.00. The lowest BCUT2D eigenvalue weighted by Gasteiger charge is -2.12. The highest BCUT2D eigenvalue weighted by Crippen LogP contribution is 2.46. The van der Waals surface area contributed by atoms with Crippen LogP contribution in [0.4, 0.5) is 0 Å². The summed E-state index contributed by atoms with van der Waals surface area (Å²) in [5.41, 5.74) is 16.3. The Hall–Kier alpha value is -10.4. The van der Waals surface area contributed by atoms with Gasteiger partial charge in [-0.1, -0.05) is 176 Å². The molecule has 5 aromatic heterocycles. The van der Waals surface area contributed by atoms with Crippen molar-refractivity contribution < 1.29 is 0 Å². The largest absolute Gasteiger partial charge is 0.309 e. The first-order valence-electron chi connectivity index (χ1n) is 25.8. The van der Waals surface area contributed by atoms with E-state index in [1.54, 1.807) is 0 Å². The van der Waals surface area contributed by atoms with Crippen LogP contribution < -0.4 is 0 Å². The van der Waals surface area contributed by atoms with Gasteiger partial charge in [0.25, 0.3) is 0 Å². The number of rotatable bonds is 7. The Morgan fingerprint density at radius 1 is 0.211 bits per heavy atom. The normalized spacial score (nSPS) is 11.9. The van der Waals surface area contributed by atoms with Crippen LogP contribution in [0.2, 0.25) is 0 Å². The molecule has 0 spiro atoms. The van der Waals surface area contributed by atoms with Crippen LogP contribution in [0.1, 0.15) is 0 Å². The summed E-state index contributed by atoms with van der Waals surface area (Å²) in [7, 11) is 0. The number of aromatic nitrogens is 7. The van der Waals surface area contributed by atoms with E-state index in [0.717, 1.165) is 83.2 Å². The van der Waals surface area contributed by atoms with Crippen molar-refractivity contribution in [3.8, 4) is 56.9 Å². The molecule has 0 atom stereocenters. The molecule has 0 aliphatic rings. The Labute approximate surface area is 436 Å². The summed E-state index contributed by atoms with van der Waals surface area (Å²) in [6.07, 6.45) is 0. The Morgan fingerprint density at radius 3 is 1.14 bits per heavy atom. The predicted molar refractivity (Wildman–Crippen MR) is 313 cm³/mol. The molecule has 0 unspecified atom stereocenters. The third-order valence-corrected chi connectivity index (χ3v) is 15.4. The monoisotopic (exact) mass is 969 g/mol. The average Bonchev–Trinajstić information content (AvgIpc) is 4.23. The van der Waals surface area contributed by atoms with Crippen molar-refractivity contribution in [2.75, 3.05) is 0 Å². The molecule has 0 radical (unpaired) electrons. The lowest BCUT2D eigenvalue weighted by atomic mass is 10.1. The molecule has 0 aliphatic carbocycles. The molecule has 0 amide bonds. The summed E-state index contributed by atoms with van der Waals surface area (Å²) < 4.78 is 9.82. The van der Waals surface area contributed by atoms with Gasteiger partial charge in [0.05, 0.1) is 44.1 Å². The maximum atomic E-state index is 5.18. The third-order valence-electron chi connectivity index (χ3n) is 15.4. The zero-order valence-corrected chi connectivity index (χ0v) is 41.0. The van der Waals surface area contributed by atoms with Crippen molar-refractivity contribution in [1.29, 1.82) is 0 Å². The van der Waals surface area contributed by atoms with E-state index in [2.05, 4.69) is 243 Å². The molecule has 16 aromatic rings. The molecule has 7 nitrogen and oxygen atoms in total. The van der Waals surface area contributed by atoms with Crippen molar-refractivity contribution in [3.63, 3.8) is 0 Å². The molecule has 0 saturated carbocycles. The van der Waals surface area contributed by atoms with Gasteiger partial charge in [-0.3, -0.25) is 0 Å². The summed E-state index contributed by atoms with van der Waals surface area (Å²) in [6.45, 7) is 0. The van der Waals surface area contributed by atoms with Gasteiger partial charge in [-0.25, -0.2) is 15.0 Å². The van der Waals surface area contributed by atoms with Gasteiger partial charge < -0.3 is 18.3 Å². The highest BCUT2D eigenvalue weighted by atomic mass is 15.1. The molecule has 76 heavy (non-hydrogen) atoms. The SMILES string of the molecule is c1ccc(-c2nc(-c3ccccc3)nc(-c3ccc4c5ccc6c(c7cc(-n8c9ccccc9c9ccc%10c(c%11ccccc%11n%10-c%10ccccc%10)c98)ccc7n6-c6ccccc6)c5n(-c5ccccc5)c4c3)n2)cc1.